The van der Waals surface area contributed by atoms with Crippen LogP contribution in [-0.4, -0.2) is 27.6 Å². The summed E-state index contributed by atoms with van der Waals surface area (Å²) in [5.74, 6) is 1.41. The standard InChI is InChI=1S/C24H22N6O2/c1-3-13-31-21-11-9-18(10-12-21)23-19(16-30(29-23)20-7-5-4-6-8-20)15-26-28-24-22(14-25)27-17(2)32-24/h4-12,15-16,28H,3,13H2,1-2H3/b26-15+. The maximum absolute atomic E-state index is 9.16. The Kier molecular flexibility index (Phi) is 6.28. The number of para-hydroxylation sites is 1. The van der Waals surface area contributed by atoms with Gasteiger partial charge in [-0.2, -0.15) is 15.5 Å². The highest BCUT2D eigenvalue weighted by Crippen LogP contribution is 2.25. The number of nitrogens with zero attached hydrogens (tertiary/aromatic N) is 5. The first kappa shape index (κ1) is 20.9. The molecular weight excluding hydrogens is 404 g/mol. The summed E-state index contributed by atoms with van der Waals surface area (Å²) >= 11 is 0. The van der Waals surface area contributed by atoms with Crippen LogP contribution in [0.1, 0.15) is 30.5 Å². The Morgan fingerprint density at radius 3 is 2.69 bits per heavy atom. The highest BCUT2D eigenvalue weighted by atomic mass is 16.5. The molecule has 0 saturated heterocycles. The smallest absolute Gasteiger partial charge is 0.252 e. The predicted octanol–water partition coefficient (Wildman–Crippen LogP) is 4.94. The lowest BCUT2D eigenvalue weighted by Crippen LogP contribution is -1.95. The number of rotatable bonds is 8. The zero-order valence-electron chi connectivity index (χ0n) is 17.8. The third kappa shape index (κ3) is 4.68. The van der Waals surface area contributed by atoms with Crippen molar-refractivity contribution >= 4 is 12.1 Å². The third-order valence-corrected chi connectivity index (χ3v) is 4.57. The Balaban J connectivity index is 1.65. The summed E-state index contributed by atoms with van der Waals surface area (Å²) in [6.07, 6.45) is 4.49. The lowest BCUT2D eigenvalue weighted by Gasteiger charge is -2.05. The zero-order valence-corrected chi connectivity index (χ0v) is 17.8. The Morgan fingerprint density at radius 2 is 1.97 bits per heavy atom. The van der Waals surface area contributed by atoms with Crippen molar-refractivity contribution < 1.29 is 9.15 Å². The van der Waals surface area contributed by atoms with Gasteiger partial charge in [-0.25, -0.2) is 15.1 Å². The summed E-state index contributed by atoms with van der Waals surface area (Å²) in [6, 6.07) is 19.6. The van der Waals surface area contributed by atoms with Crippen LogP contribution in [0.25, 0.3) is 16.9 Å². The van der Waals surface area contributed by atoms with Gasteiger partial charge in [0.15, 0.2) is 5.89 Å². The van der Waals surface area contributed by atoms with Gasteiger partial charge in [0.1, 0.15) is 17.5 Å². The number of hydrogen-bond donors (Lipinski definition) is 1. The van der Waals surface area contributed by atoms with Gasteiger partial charge >= 0.3 is 0 Å². The number of aromatic nitrogens is 3. The molecule has 2 aromatic heterocycles. The van der Waals surface area contributed by atoms with Gasteiger partial charge in [0.2, 0.25) is 5.69 Å². The minimum Gasteiger partial charge on any atom is -0.494 e. The number of benzene rings is 2. The number of aryl methyl sites for hydroxylation is 1. The van der Waals surface area contributed by atoms with Crippen molar-refractivity contribution in [2.75, 3.05) is 12.0 Å². The Bertz CT molecular complexity index is 1250. The van der Waals surface area contributed by atoms with Crippen molar-refractivity contribution in [2.45, 2.75) is 20.3 Å². The van der Waals surface area contributed by atoms with Crippen molar-refractivity contribution in [1.29, 1.82) is 5.26 Å². The monoisotopic (exact) mass is 426 g/mol. The van der Waals surface area contributed by atoms with Crippen LogP contribution in [0, 0.1) is 18.3 Å². The minimum atomic E-state index is 0.155. The van der Waals surface area contributed by atoms with E-state index in [0.717, 1.165) is 34.7 Å². The Hall–Kier alpha value is -4.38. The van der Waals surface area contributed by atoms with Crippen molar-refractivity contribution in [3.63, 3.8) is 0 Å². The number of nitriles is 1. The molecule has 0 aliphatic carbocycles. The lowest BCUT2D eigenvalue weighted by atomic mass is 10.1. The molecule has 8 heteroatoms. The van der Waals surface area contributed by atoms with Crippen molar-refractivity contribution in [3.05, 3.63) is 77.9 Å². The van der Waals surface area contributed by atoms with Gasteiger partial charge in [-0.3, -0.25) is 0 Å². The molecule has 32 heavy (non-hydrogen) atoms. The molecule has 4 aromatic rings. The number of hydrazone groups is 1. The molecular formula is C24H22N6O2. The number of nitrogens with one attached hydrogen (secondary N) is 1. The number of ether oxygens (including phenoxy) is 1. The second-order valence-electron chi connectivity index (χ2n) is 6.98. The van der Waals surface area contributed by atoms with Crippen LogP contribution in [-0.2, 0) is 0 Å². The molecule has 2 heterocycles. The van der Waals surface area contributed by atoms with Gasteiger partial charge in [0.05, 0.1) is 18.5 Å². The van der Waals surface area contributed by atoms with Crippen LogP contribution in [0.3, 0.4) is 0 Å². The summed E-state index contributed by atoms with van der Waals surface area (Å²) < 4.78 is 12.9. The SMILES string of the molecule is CCCOc1ccc(-c2nn(-c3ccccc3)cc2/C=N/Nc2oc(C)nc2C#N)cc1. The number of hydrogen-bond acceptors (Lipinski definition) is 7. The van der Waals surface area contributed by atoms with E-state index in [1.54, 1.807) is 17.8 Å². The molecule has 0 radical (unpaired) electrons. The van der Waals surface area contributed by atoms with E-state index in [4.69, 9.17) is 19.5 Å². The normalized spacial score (nSPS) is 10.9. The summed E-state index contributed by atoms with van der Waals surface area (Å²) in [5.41, 5.74) is 6.32. The number of oxazole rings is 1. The average molecular weight is 426 g/mol. The minimum absolute atomic E-state index is 0.155. The fourth-order valence-electron chi connectivity index (χ4n) is 3.09. The third-order valence-electron chi connectivity index (χ3n) is 4.57. The fourth-order valence-corrected chi connectivity index (χ4v) is 3.09. The second-order valence-corrected chi connectivity index (χ2v) is 6.98. The summed E-state index contributed by atoms with van der Waals surface area (Å²) in [4.78, 5) is 4.00. The number of anilines is 1. The first-order valence-corrected chi connectivity index (χ1v) is 10.2. The molecule has 4 rings (SSSR count). The van der Waals surface area contributed by atoms with Crippen LogP contribution >= 0.6 is 0 Å². The zero-order chi connectivity index (χ0) is 22.3. The topological polar surface area (TPSA) is 101 Å². The predicted molar refractivity (Wildman–Crippen MR) is 122 cm³/mol. The highest BCUT2D eigenvalue weighted by molar-refractivity contribution is 5.89. The van der Waals surface area contributed by atoms with E-state index < -0.39 is 0 Å². The fraction of sp³-hybridized carbons (Fsp3) is 0.167. The molecule has 160 valence electrons. The molecule has 2 aromatic carbocycles. The Labute approximate surface area is 185 Å². The quantitative estimate of drug-likeness (QED) is 0.316. The van der Waals surface area contributed by atoms with Gasteiger partial charge in [-0.15, -0.1) is 0 Å². The molecule has 0 atom stereocenters. The molecule has 0 fully saturated rings. The molecule has 0 unspecified atom stereocenters. The van der Waals surface area contributed by atoms with Crippen LogP contribution < -0.4 is 10.2 Å². The molecule has 8 nitrogen and oxygen atoms in total. The first-order chi connectivity index (χ1) is 15.7. The van der Waals surface area contributed by atoms with E-state index in [9.17, 15) is 0 Å². The van der Waals surface area contributed by atoms with Crippen molar-refractivity contribution in [3.8, 4) is 28.8 Å². The van der Waals surface area contributed by atoms with Gasteiger partial charge in [-0.05, 0) is 42.8 Å². The molecule has 0 aliphatic rings. The average Bonchev–Trinajstić information content (AvgIpc) is 3.42. The van der Waals surface area contributed by atoms with E-state index in [1.807, 2.05) is 66.9 Å². The molecule has 0 bridgehead atoms. The van der Waals surface area contributed by atoms with Crippen molar-refractivity contribution in [1.82, 2.24) is 14.8 Å². The highest BCUT2D eigenvalue weighted by Gasteiger charge is 2.13. The van der Waals surface area contributed by atoms with E-state index in [1.165, 1.54) is 0 Å². The molecule has 0 spiro atoms. The molecule has 1 N–H and O–H groups in total. The molecule has 0 amide bonds. The van der Waals surface area contributed by atoms with E-state index in [2.05, 4.69) is 22.4 Å². The van der Waals surface area contributed by atoms with Crippen molar-refractivity contribution in [2.24, 2.45) is 5.10 Å². The van der Waals surface area contributed by atoms with Crippen LogP contribution in [0.4, 0.5) is 5.88 Å². The van der Waals surface area contributed by atoms with Gasteiger partial charge < -0.3 is 9.15 Å². The maximum atomic E-state index is 9.16. The van der Waals surface area contributed by atoms with Crippen LogP contribution in [0.5, 0.6) is 5.75 Å². The second kappa shape index (κ2) is 9.62. The molecule has 0 saturated carbocycles. The first-order valence-electron chi connectivity index (χ1n) is 10.2. The lowest BCUT2D eigenvalue weighted by molar-refractivity contribution is 0.317. The summed E-state index contributed by atoms with van der Waals surface area (Å²) in [7, 11) is 0. The van der Waals surface area contributed by atoms with Gasteiger partial charge in [-0.1, -0.05) is 25.1 Å². The van der Waals surface area contributed by atoms with Crippen LogP contribution in [0.2, 0.25) is 0 Å². The Morgan fingerprint density at radius 1 is 1.19 bits per heavy atom. The summed E-state index contributed by atoms with van der Waals surface area (Å²) in [6.45, 7) is 4.42. The maximum Gasteiger partial charge on any atom is 0.252 e. The van der Waals surface area contributed by atoms with E-state index >= 15 is 0 Å². The van der Waals surface area contributed by atoms with Gasteiger partial charge in [0, 0.05) is 24.2 Å². The largest absolute Gasteiger partial charge is 0.494 e. The van der Waals surface area contributed by atoms with Crippen LogP contribution in [0.15, 0.2) is 70.3 Å². The van der Waals surface area contributed by atoms with Gasteiger partial charge in [0.25, 0.3) is 5.88 Å². The molecule has 0 aliphatic heterocycles. The van der Waals surface area contributed by atoms with E-state index in [0.29, 0.717) is 12.5 Å². The summed E-state index contributed by atoms with van der Waals surface area (Å²) in [5, 5.41) is 18.2. The van der Waals surface area contributed by atoms with E-state index in [-0.39, 0.29) is 11.6 Å².